The van der Waals surface area contributed by atoms with E-state index in [1.165, 1.54) is 0 Å². The molecule has 5 heteroatoms. The molecule has 0 atom stereocenters. The molecule has 0 aliphatic heterocycles. The molecular formula is C15H24N2O3. The number of hydrogen-bond acceptors (Lipinski definition) is 4. The van der Waals surface area contributed by atoms with Crippen molar-refractivity contribution in [2.24, 2.45) is 5.73 Å². The SMILES string of the molecule is COc1cccc(CCN)c1OCCCC(=O)N(C)C. The van der Waals surface area contributed by atoms with E-state index in [1.54, 1.807) is 26.1 Å². The van der Waals surface area contributed by atoms with E-state index in [9.17, 15) is 4.79 Å². The Morgan fingerprint density at radius 1 is 1.35 bits per heavy atom. The summed E-state index contributed by atoms with van der Waals surface area (Å²) in [6.45, 7) is 1.04. The smallest absolute Gasteiger partial charge is 0.222 e. The Hall–Kier alpha value is -1.75. The van der Waals surface area contributed by atoms with Gasteiger partial charge in [-0.2, -0.15) is 0 Å². The molecule has 0 aromatic heterocycles. The topological polar surface area (TPSA) is 64.8 Å². The molecule has 112 valence electrons. The van der Waals surface area contributed by atoms with Gasteiger partial charge in [0.2, 0.25) is 5.91 Å². The molecule has 0 aliphatic rings. The van der Waals surface area contributed by atoms with Gasteiger partial charge in [0.25, 0.3) is 0 Å². The van der Waals surface area contributed by atoms with Crippen molar-refractivity contribution in [2.45, 2.75) is 19.3 Å². The van der Waals surface area contributed by atoms with Crippen LogP contribution in [0.5, 0.6) is 11.5 Å². The monoisotopic (exact) mass is 280 g/mol. The van der Waals surface area contributed by atoms with E-state index in [0.29, 0.717) is 31.7 Å². The number of amides is 1. The maximum absolute atomic E-state index is 11.5. The number of nitrogens with two attached hydrogens (primary N) is 1. The summed E-state index contributed by atoms with van der Waals surface area (Å²) >= 11 is 0. The van der Waals surface area contributed by atoms with E-state index in [2.05, 4.69) is 0 Å². The molecule has 1 aromatic carbocycles. The molecular weight excluding hydrogens is 256 g/mol. The maximum atomic E-state index is 11.5. The molecule has 0 aliphatic carbocycles. The molecule has 1 aromatic rings. The largest absolute Gasteiger partial charge is 0.493 e. The first-order valence-electron chi connectivity index (χ1n) is 6.79. The summed E-state index contributed by atoms with van der Waals surface area (Å²) in [5.41, 5.74) is 6.64. The molecule has 1 rings (SSSR count). The van der Waals surface area contributed by atoms with Crippen LogP contribution in [-0.4, -0.2) is 45.2 Å². The predicted octanol–water partition coefficient (Wildman–Crippen LogP) is 1.44. The van der Waals surface area contributed by atoms with Crippen LogP contribution < -0.4 is 15.2 Å². The van der Waals surface area contributed by atoms with E-state index in [0.717, 1.165) is 17.7 Å². The first-order chi connectivity index (χ1) is 9.60. The molecule has 0 radical (unpaired) electrons. The van der Waals surface area contributed by atoms with Gasteiger partial charge in [0.1, 0.15) is 0 Å². The number of nitrogens with zero attached hydrogens (tertiary/aromatic N) is 1. The van der Waals surface area contributed by atoms with Gasteiger partial charge in [-0.05, 0) is 31.0 Å². The van der Waals surface area contributed by atoms with E-state index in [4.69, 9.17) is 15.2 Å². The first kappa shape index (κ1) is 16.3. The molecule has 0 bridgehead atoms. The second-order valence-corrected chi connectivity index (χ2v) is 4.73. The summed E-state index contributed by atoms with van der Waals surface area (Å²) < 4.78 is 11.1. The average Bonchev–Trinajstić information content (AvgIpc) is 2.44. The number of methoxy groups -OCH3 is 1. The Morgan fingerprint density at radius 2 is 2.10 bits per heavy atom. The van der Waals surface area contributed by atoms with Gasteiger partial charge in [0.15, 0.2) is 11.5 Å². The Bertz CT molecular complexity index is 433. The van der Waals surface area contributed by atoms with E-state index in [1.807, 2.05) is 18.2 Å². The standard InChI is InChI=1S/C15H24N2O3/c1-17(2)14(18)8-5-11-20-15-12(9-10-16)6-4-7-13(15)19-3/h4,6-7H,5,8-11,16H2,1-3H3. The lowest BCUT2D eigenvalue weighted by Crippen LogP contribution is -2.21. The lowest BCUT2D eigenvalue weighted by Gasteiger charge is -2.15. The lowest BCUT2D eigenvalue weighted by atomic mass is 10.1. The zero-order chi connectivity index (χ0) is 15.0. The van der Waals surface area contributed by atoms with Crippen LogP contribution in [-0.2, 0) is 11.2 Å². The van der Waals surface area contributed by atoms with Crippen molar-refractivity contribution in [1.82, 2.24) is 4.90 Å². The highest BCUT2D eigenvalue weighted by atomic mass is 16.5. The van der Waals surface area contributed by atoms with Crippen LogP contribution in [0.15, 0.2) is 18.2 Å². The minimum atomic E-state index is 0.107. The Morgan fingerprint density at radius 3 is 2.70 bits per heavy atom. The second kappa shape index (κ2) is 8.43. The van der Waals surface area contributed by atoms with Crippen LogP contribution in [0, 0.1) is 0 Å². The normalized spacial score (nSPS) is 10.2. The van der Waals surface area contributed by atoms with Gasteiger partial charge in [0.05, 0.1) is 13.7 Å². The van der Waals surface area contributed by atoms with Crippen molar-refractivity contribution in [1.29, 1.82) is 0 Å². The van der Waals surface area contributed by atoms with Crippen molar-refractivity contribution in [2.75, 3.05) is 34.4 Å². The minimum Gasteiger partial charge on any atom is -0.493 e. The molecule has 1 amide bonds. The molecule has 5 nitrogen and oxygen atoms in total. The fourth-order valence-electron chi connectivity index (χ4n) is 1.86. The first-order valence-corrected chi connectivity index (χ1v) is 6.79. The molecule has 0 spiro atoms. The summed E-state index contributed by atoms with van der Waals surface area (Å²) in [7, 11) is 5.12. The third-order valence-corrected chi connectivity index (χ3v) is 2.97. The fraction of sp³-hybridized carbons (Fsp3) is 0.533. The van der Waals surface area contributed by atoms with Gasteiger partial charge in [-0.25, -0.2) is 0 Å². The number of hydrogen-bond donors (Lipinski definition) is 1. The van der Waals surface area contributed by atoms with Crippen molar-refractivity contribution in [3.8, 4) is 11.5 Å². The van der Waals surface area contributed by atoms with Crippen LogP contribution in [0.4, 0.5) is 0 Å². The third kappa shape index (κ3) is 4.74. The molecule has 0 heterocycles. The highest BCUT2D eigenvalue weighted by Gasteiger charge is 2.10. The van der Waals surface area contributed by atoms with Crippen LogP contribution in [0.3, 0.4) is 0 Å². The highest BCUT2D eigenvalue weighted by Crippen LogP contribution is 2.31. The van der Waals surface area contributed by atoms with E-state index >= 15 is 0 Å². The molecule has 0 saturated heterocycles. The summed E-state index contributed by atoms with van der Waals surface area (Å²) in [5.74, 6) is 1.54. The number of para-hydroxylation sites is 1. The van der Waals surface area contributed by atoms with Crippen molar-refractivity contribution in [3.05, 3.63) is 23.8 Å². The van der Waals surface area contributed by atoms with Gasteiger partial charge in [0, 0.05) is 20.5 Å². The van der Waals surface area contributed by atoms with Crippen LogP contribution in [0.2, 0.25) is 0 Å². The van der Waals surface area contributed by atoms with E-state index in [-0.39, 0.29) is 5.91 Å². The third-order valence-electron chi connectivity index (χ3n) is 2.97. The van der Waals surface area contributed by atoms with Gasteiger partial charge < -0.3 is 20.1 Å². The second-order valence-electron chi connectivity index (χ2n) is 4.73. The molecule has 20 heavy (non-hydrogen) atoms. The van der Waals surface area contributed by atoms with Crippen LogP contribution in [0.25, 0.3) is 0 Å². The highest BCUT2D eigenvalue weighted by molar-refractivity contribution is 5.75. The number of carbonyl (C=O) groups is 1. The minimum absolute atomic E-state index is 0.107. The predicted molar refractivity (Wildman–Crippen MR) is 79.2 cm³/mol. The van der Waals surface area contributed by atoms with Crippen LogP contribution >= 0.6 is 0 Å². The Labute approximate surface area is 120 Å². The van der Waals surface area contributed by atoms with Crippen molar-refractivity contribution >= 4 is 5.91 Å². The Kier molecular flexibility index (Phi) is 6.87. The van der Waals surface area contributed by atoms with Crippen molar-refractivity contribution in [3.63, 3.8) is 0 Å². The summed E-state index contributed by atoms with van der Waals surface area (Å²) in [5, 5.41) is 0. The van der Waals surface area contributed by atoms with Crippen LogP contribution in [0.1, 0.15) is 18.4 Å². The fourth-order valence-corrected chi connectivity index (χ4v) is 1.86. The number of rotatable bonds is 8. The van der Waals surface area contributed by atoms with Gasteiger partial charge in [-0.3, -0.25) is 4.79 Å². The number of carbonyl (C=O) groups excluding carboxylic acids is 1. The van der Waals surface area contributed by atoms with Gasteiger partial charge in [-0.1, -0.05) is 12.1 Å². The quantitative estimate of drug-likeness (QED) is 0.732. The average molecular weight is 280 g/mol. The number of ether oxygens (including phenoxy) is 2. The lowest BCUT2D eigenvalue weighted by molar-refractivity contribution is -0.128. The number of benzene rings is 1. The molecule has 0 fully saturated rings. The molecule has 2 N–H and O–H groups in total. The summed E-state index contributed by atoms with van der Waals surface area (Å²) in [4.78, 5) is 13.1. The van der Waals surface area contributed by atoms with Crippen molar-refractivity contribution < 1.29 is 14.3 Å². The Balaban J connectivity index is 2.59. The molecule has 0 unspecified atom stereocenters. The molecule has 0 saturated carbocycles. The van der Waals surface area contributed by atoms with E-state index < -0.39 is 0 Å². The van der Waals surface area contributed by atoms with Gasteiger partial charge in [-0.15, -0.1) is 0 Å². The maximum Gasteiger partial charge on any atom is 0.222 e. The zero-order valence-corrected chi connectivity index (χ0v) is 12.5. The van der Waals surface area contributed by atoms with Gasteiger partial charge >= 0.3 is 0 Å². The zero-order valence-electron chi connectivity index (χ0n) is 12.5. The summed E-state index contributed by atoms with van der Waals surface area (Å²) in [6.07, 6.45) is 1.90. The summed E-state index contributed by atoms with van der Waals surface area (Å²) in [6, 6.07) is 5.77.